The normalized spacial score (nSPS) is 17.2. The Morgan fingerprint density at radius 1 is 1.32 bits per heavy atom. The van der Waals surface area contributed by atoms with Crippen molar-refractivity contribution in [2.24, 2.45) is 0 Å². The molecule has 128 valence electrons. The van der Waals surface area contributed by atoms with Crippen molar-refractivity contribution in [1.29, 1.82) is 0 Å². The summed E-state index contributed by atoms with van der Waals surface area (Å²) in [4.78, 5) is 37.7. The smallest absolute Gasteiger partial charge is 0.263 e. The molecule has 8 heteroatoms. The van der Waals surface area contributed by atoms with Crippen LogP contribution in [0.25, 0.3) is 10.3 Å². The molecule has 1 unspecified atom stereocenters. The summed E-state index contributed by atoms with van der Waals surface area (Å²) in [5, 5.41) is 4.61. The molecule has 25 heavy (non-hydrogen) atoms. The number of hydrogen-bond donors (Lipinski definition) is 1. The zero-order valence-corrected chi connectivity index (χ0v) is 15.2. The van der Waals surface area contributed by atoms with E-state index in [1.54, 1.807) is 19.4 Å². The van der Waals surface area contributed by atoms with Crippen LogP contribution in [-0.2, 0) is 0 Å². The Labute approximate surface area is 152 Å². The van der Waals surface area contributed by atoms with Crippen LogP contribution in [0.3, 0.4) is 0 Å². The lowest BCUT2D eigenvalue weighted by Crippen LogP contribution is -2.28. The maximum Gasteiger partial charge on any atom is 0.263 e. The van der Waals surface area contributed by atoms with Gasteiger partial charge in [0.05, 0.1) is 9.75 Å². The zero-order valence-electron chi connectivity index (χ0n) is 13.6. The third-order valence-corrected chi connectivity index (χ3v) is 6.37. The molecule has 4 heterocycles. The largest absolute Gasteiger partial charge is 0.354 e. The Bertz CT molecular complexity index is 935. The summed E-state index contributed by atoms with van der Waals surface area (Å²) in [5.74, 6) is 0.0362. The number of hydrogen-bond acceptors (Lipinski definition) is 6. The van der Waals surface area contributed by atoms with Crippen LogP contribution in [-0.4, -0.2) is 46.8 Å². The summed E-state index contributed by atoms with van der Waals surface area (Å²) in [6.07, 6.45) is 4.11. The van der Waals surface area contributed by atoms with Gasteiger partial charge in [0.2, 0.25) is 0 Å². The second-order valence-corrected chi connectivity index (χ2v) is 7.79. The highest BCUT2D eigenvalue weighted by Crippen LogP contribution is 2.38. The Kier molecular flexibility index (Phi) is 4.22. The van der Waals surface area contributed by atoms with Gasteiger partial charge in [-0.1, -0.05) is 6.07 Å². The van der Waals surface area contributed by atoms with Gasteiger partial charge in [-0.25, -0.2) is 4.98 Å². The summed E-state index contributed by atoms with van der Waals surface area (Å²) in [5.41, 5.74) is 1.70. The molecular formula is C17H16N4O2S2. The molecular weight excluding hydrogens is 356 g/mol. The number of amides is 2. The SMILES string of the molecule is CNC(=O)c1sc2nccnc2c1C1CCN(C(=O)c2cccs2)C1. The number of carbonyl (C=O) groups is 2. The fraction of sp³-hybridized carbons (Fsp3) is 0.294. The quantitative estimate of drug-likeness (QED) is 0.767. The number of carbonyl (C=O) groups excluding carboxylic acids is 2. The number of aromatic nitrogens is 2. The van der Waals surface area contributed by atoms with E-state index in [9.17, 15) is 9.59 Å². The molecule has 1 fully saturated rings. The Morgan fingerprint density at radius 3 is 2.92 bits per heavy atom. The van der Waals surface area contributed by atoms with E-state index in [-0.39, 0.29) is 17.7 Å². The van der Waals surface area contributed by atoms with Crippen LogP contribution < -0.4 is 5.32 Å². The number of fused-ring (bicyclic) bond motifs is 1. The maximum atomic E-state index is 12.6. The number of thiophene rings is 2. The molecule has 3 aromatic heterocycles. The van der Waals surface area contributed by atoms with Gasteiger partial charge in [0, 0.05) is 44.0 Å². The second kappa shape index (κ2) is 6.53. The monoisotopic (exact) mass is 372 g/mol. The van der Waals surface area contributed by atoms with Gasteiger partial charge in [0.25, 0.3) is 11.8 Å². The third-order valence-electron chi connectivity index (χ3n) is 4.41. The van der Waals surface area contributed by atoms with E-state index in [1.165, 1.54) is 22.7 Å². The highest BCUT2D eigenvalue weighted by molar-refractivity contribution is 7.20. The molecule has 0 aliphatic carbocycles. The van der Waals surface area contributed by atoms with Gasteiger partial charge in [0.1, 0.15) is 10.3 Å². The zero-order chi connectivity index (χ0) is 17.4. The van der Waals surface area contributed by atoms with Crippen molar-refractivity contribution in [3.05, 3.63) is 45.2 Å². The van der Waals surface area contributed by atoms with E-state index < -0.39 is 0 Å². The van der Waals surface area contributed by atoms with E-state index >= 15 is 0 Å². The second-order valence-electron chi connectivity index (χ2n) is 5.85. The van der Waals surface area contributed by atoms with Crippen molar-refractivity contribution < 1.29 is 9.59 Å². The molecule has 1 aliphatic heterocycles. The minimum absolute atomic E-state index is 0.0598. The molecule has 0 aromatic carbocycles. The van der Waals surface area contributed by atoms with Gasteiger partial charge in [-0.2, -0.15) is 0 Å². The van der Waals surface area contributed by atoms with Crippen molar-refractivity contribution in [1.82, 2.24) is 20.2 Å². The molecule has 3 aromatic rings. The predicted molar refractivity (Wildman–Crippen MR) is 98.4 cm³/mol. The molecule has 0 saturated carbocycles. The molecule has 6 nitrogen and oxygen atoms in total. The van der Waals surface area contributed by atoms with Crippen molar-refractivity contribution >= 4 is 44.8 Å². The first-order valence-electron chi connectivity index (χ1n) is 7.97. The Morgan fingerprint density at radius 2 is 2.16 bits per heavy atom. The number of likely N-dealkylation sites (tertiary alicyclic amines) is 1. The first kappa shape index (κ1) is 16.2. The van der Waals surface area contributed by atoms with Crippen LogP contribution in [0.15, 0.2) is 29.9 Å². The molecule has 2 amide bonds. The lowest BCUT2D eigenvalue weighted by Gasteiger charge is -2.16. The molecule has 1 saturated heterocycles. The van der Waals surface area contributed by atoms with Crippen LogP contribution in [0.2, 0.25) is 0 Å². The van der Waals surface area contributed by atoms with Gasteiger partial charge >= 0.3 is 0 Å². The summed E-state index contributed by atoms with van der Waals surface area (Å²) in [7, 11) is 1.62. The van der Waals surface area contributed by atoms with Gasteiger partial charge in [-0.05, 0) is 17.9 Å². The summed E-state index contributed by atoms with van der Waals surface area (Å²) >= 11 is 2.82. The predicted octanol–water partition coefficient (Wildman–Crippen LogP) is 2.74. The fourth-order valence-corrected chi connectivity index (χ4v) is 5.07. The molecule has 0 spiro atoms. The van der Waals surface area contributed by atoms with Crippen LogP contribution in [0.1, 0.15) is 37.2 Å². The van der Waals surface area contributed by atoms with E-state index in [2.05, 4.69) is 15.3 Å². The standard InChI is InChI=1S/C17H16N4O2S2/c1-18-15(22)14-12(13-16(25-14)20-6-5-19-13)10-4-7-21(9-10)17(23)11-3-2-8-24-11/h2-3,5-6,8,10H,4,7,9H2,1H3,(H,18,22). The van der Waals surface area contributed by atoms with Gasteiger partial charge in [-0.15, -0.1) is 22.7 Å². The molecule has 0 bridgehead atoms. The summed E-state index contributed by atoms with van der Waals surface area (Å²) < 4.78 is 0. The summed E-state index contributed by atoms with van der Waals surface area (Å²) in [6.45, 7) is 1.29. The lowest BCUT2D eigenvalue weighted by atomic mass is 9.97. The highest BCUT2D eigenvalue weighted by Gasteiger charge is 2.33. The van der Waals surface area contributed by atoms with E-state index in [0.717, 1.165) is 27.2 Å². The summed E-state index contributed by atoms with van der Waals surface area (Å²) in [6, 6.07) is 3.73. The van der Waals surface area contributed by atoms with E-state index in [1.807, 2.05) is 22.4 Å². The Hall–Kier alpha value is -2.32. The Balaban J connectivity index is 1.68. The average molecular weight is 372 g/mol. The minimum atomic E-state index is -0.122. The van der Waals surface area contributed by atoms with Crippen molar-refractivity contribution in [3.63, 3.8) is 0 Å². The highest BCUT2D eigenvalue weighted by atomic mass is 32.1. The van der Waals surface area contributed by atoms with Crippen LogP contribution in [0, 0.1) is 0 Å². The average Bonchev–Trinajstić information content (AvgIpc) is 3.38. The molecule has 1 atom stereocenters. The van der Waals surface area contributed by atoms with Crippen molar-refractivity contribution in [2.45, 2.75) is 12.3 Å². The first-order valence-corrected chi connectivity index (χ1v) is 9.67. The lowest BCUT2D eigenvalue weighted by molar-refractivity contribution is 0.0795. The third kappa shape index (κ3) is 2.81. The maximum absolute atomic E-state index is 12.6. The van der Waals surface area contributed by atoms with Crippen molar-refractivity contribution in [3.8, 4) is 0 Å². The topological polar surface area (TPSA) is 75.2 Å². The van der Waals surface area contributed by atoms with Gasteiger partial charge < -0.3 is 10.2 Å². The molecule has 0 radical (unpaired) electrons. The minimum Gasteiger partial charge on any atom is -0.354 e. The van der Waals surface area contributed by atoms with E-state index in [4.69, 9.17) is 0 Å². The van der Waals surface area contributed by atoms with Crippen molar-refractivity contribution in [2.75, 3.05) is 20.1 Å². The molecule has 1 N–H and O–H groups in total. The molecule has 1 aliphatic rings. The number of nitrogens with zero attached hydrogens (tertiary/aromatic N) is 3. The number of nitrogens with one attached hydrogen (secondary N) is 1. The van der Waals surface area contributed by atoms with E-state index in [0.29, 0.717) is 18.0 Å². The van der Waals surface area contributed by atoms with Crippen LogP contribution in [0.5, 0.6) is 0 Å². The van der Waals surface area contributed by atoms with Crippen LogP contribution in [0.4, 0.5) is 0 Å². The van der Waals surface area contributed by atoms with Gasteiger partial charge in [-0.3, -0.25) is 14.6 Å². The van der Waals surface area contributed by atoms with Gasteiger partial charge in [0.15, 0.2) is 0 Å². The first-order chi connectivity index (χ1) is 12.2. The number of rotatable bonds is 3. The van der Waals surface area contributed by atoms with Crippen LogP contribution >= 0.6 is 22.7 Å². The fourth-order valence-electron chi connectivity index (χ4n) is 3.24. The molecule has 4 rings (SSSR count).